The number of ether oxygens (including phenoxy) is 1. The van der Waals surface area contributed by atoms with Gasteiger partial charge in [0.05, 0.1) is 6.61 Å². The summed E-state index contributed by atoms with van der Waals surface area (Å²) in [5, 5.41) is 2.78. The minimum absolute atomic E-state index is 0.268. The number of hydrogen-bond donors (Lipinski definition) is 1. The van der Waals surface area contributed by atoms with E-state index in [0.717, 1.165) is 18.8 Å². The van der Waals surface area contributed by atoms with Crippen LogP contribution in [-0.2, 0) is 0 Å². The first-order valence-electron chi connectivity index (χ1n) is 7.98. The molecule has 1 N–H and O–H groups in total. The normalized spacial score (nSPS) is 10.5. The molecule has 2 aromatic rings. The first-order chi connectivity index (χ1) is 11.2. The Morgan fingerprint density at radius 1 is 1.09 bits per heavy atom. The molecule has 0 aliphatic carbocycles. The van der Waals surface area contributed by atoms with E-state index in [-0.39, 0.29) is 11.7 Å². The second kappa shape index (κ2) is 9.40. The van der Waals surface area contributed by atoms with Crippen LogP contribution in [-0.4, -0.2) is 12.5 Å². The van der Waals surface area contributed by atoms with Gasteiger partial charge in [0.2, 0.25) is 0 Å². The highest BCUT2D eigenvalue weighted by Crippen LogP contribution is 2.19. The molecule has 5 heteroatoms. The van der Waals surface area contributed by atoms with Gasteiger partial charge in [-0.1, -0.05) is 32.6 Å². The van der Waals surface area contributed by atoms with Gasteiger partial charge in [-0.2, -0.15) is 0 Å². The van der Waals surface area contributed by atoms with E-state index in [9.17, 15) is 4.79 Å². The number of nitrogens with one attached hydrogen (secondary N) is 1. The standard InChI is InChI=1S/C18H22BrNO3/c1-2-3-4-5-6-13-22-15-9-7-14(8-10-15)20-18(21)16-11-12-17(19)23-16/h7-12H,2-6,13H2,1H3,(H,20,21). The predicted molar refractivity (Wildman–Crippen MR) is 95.1 cm³/mol. The summed E-state index contributed by atoms with van der Waals surface area (Å²) in [4.78, 5) is 12.0. The van der Waals surface area contributed by atoms with Crippen molar-refractivity contribution in [3.8, 4) is 5.75 Å². The van der Waals surface area contributed by atoms with Crippen LogP contribution in [0.25, 0.3) is 0 Å². The second-order valence-electron chi connectivity index (χ2n) is 5.34. The van der Waals surface area contributed by atoms with Crippen molar-refractivity contribution >= 4 is 27.5 Å². The third-order valence-electron chi connectivity index (χ3n) is 3.43. The number of hydrogen-bond acceptors (Lipinski definition) is 3. The van der Waals surface area contributed by atoms with E-state index < -0.39 is 0 Å². The Labute approximate surface area is 145 Å². The van der Waals surface area contributed by atoms with Crippen LogP contribution in [0.4, 0.5) is 5.69 Å². The fraction of sp³-hybridized carbons (Fsp3) is 0.389. The third-order valence-corrected chi connectivity index (χ3v) is 3.85. The van der Waals surface area contributed by atoms with Crippen molar-refractivity contribution in [2.45, 2.75) is 39.0 Å². The molecule has 0 unspecified atom stereocenters. The molecule has 0 aliphatic rings. The maximum absolute atomic E-state index is 12.0. The molecule has 0 aliphatic heterocycles. The van der Waals surface area contributed by atoms with E-state index in [1.807, 2.05) is 24.3 Å². The smallest absolute Gasteiger partial charge is 0.291 e. The van der Waals surface area contributed by atoms with Crippen molar-refractivity contribution in [1.82, 2.24) is 0 Å². The number of carbonyl (C=O) groups is 1. The van der Waals surface area contributed by atoms with Gasteiger partial charge in [0, 0.05) is 5.69 Å². The Bertz CT molecular complexity index is 607. The number of amides is 1. The third kappa shape index (κ3) is 6.10. The number of halogens is 1. The van der Waals surface area contributed by atoms with Crippen LogP contribution in [0.5, 0.6) is 5.75 Å². The average Bonchev–Trinajstić information content (AvgIpc) is 2.99. The average molecular weight is 380 g/mol. The maximum Gasteiger partial charge on any atom is 0.291 e. The molecule has 124 valence electrons. The molecule has 1 aromatic heterocycles. The minimum Gasteiger partial charge on any atom is -0.494 e. The highest BCUT2D eigenvalue weighted by atomic mass is 79.9. The van der Waals surface area contributed by atoms with Crippen molar-refractivity contribution in [2.75, 3.05) is 11.9 Å². The maximum atomic E-state index is 12.0. The Balaban J connectivity index is 1.75. The second-order valence-corrected chi connectivity index (χ2v) is 6.13. The minimum atomic E-state index is -0.278. The lowest BCUT2D eigenvalue weighted by Gasteiger charge is -2.08. The van der Waals surface area contributed by atoms with Crippen LogP contribution in [0, 0.1) is 0 Å². The summed E-state index contributed by atoms with van der Waals surface area (Å²) in [5.74, 6) is 0.809. The zero-order chi connectivity index (χ0) is 16.5. The molecular formula is C18H22BrNO3. The lowest BCUT2D eigenvalue weighted by atomic mass is 10.2. The summed E-state index contributed by atoms with van der Waals surface area (Å²) in [6.07, 6.45) is 6.10. The molecule has 0 saturated carbocycles. The molecule has 0 saturated heterocycles. The number of rotatable bonds is 9. The molecule has 1 heterocycles. The zero-order valence-corrected chi connectivity index (χ0v) is 14.9. The van der Waals surface area contributed by atoms with Crippen molar-refractivity contribution in [1.29, 1.82) is 0 Å². The van der Waals surface area contributed by atoms with E-state index in [4.69, 9.17) is 9.15 Å². The van der Waals surface area contributed by atoms with Gasteiger partial charge in [0.15, 0.2) is 10.4 Å². The van der Waals surface area contributed by atoms with Gasteiger partial charge in [-0.05, 0) is 58.7 Å². The van der Waals surface area contributed by atoms with Crippen LogP contribution in [0.2, 0.25) is 0 Å². The van der Waals surface area contributed by atoms with Crippen molar-refractivity contribution < 1.29 is 13.9 Å². The summed E-state index contributed by atoms with van der Waals surface area (Å²) < 4.78 is 11.4. The van der Waals surface area contributed by atoms with Gasteiger partial charge >= 0.3 is 0 Å². The Kier molecular flexibility index (Phi) is 7.20. The molecule has 0 bridgehead atoms. The molecule has 0 atom stereocenters. The molecule has 2 rings (SSSR count). The number of benzene rings is 1. The molecular weight excluding hydrogens is 358 g/mol. The number of carbonyl (C=O) groups excluding carboxylic acids is 1. The first-order valence-corrected chi connectivity index (χ1v) is 8.78. The molecule has 4 nitrogen and oxygen atoms in total. The summed E-state index contributed by atoms with van der Waals surface area (Å²) in [6, 6.07) is 10.7. The SMILES string of the molecule is CCCCCCCOc1ccc(NC(=O)c2ccc(Br)o2)cc1. The van der Waals surface area contributed by atoms with E-state index >= 15 is 0 Å². The van der Waals surface area contributed by atoms with E-state index in [1.54, 1.807) is 12.1 Å². The quantitative estimate of drug-likeness (QED) is 0.573. The topological polar surface area (TPSA) is 51.5 Å². The van der Waals surface area contributed by atoms with Crippen molar-refractivity contribution in [2.24, 2.45) is 0 Å². The molecule has 1 amide bonds. The van der Waals surface area contributed by atoms with Crippen LogP contribution < -0.4 is 10.1 Å². The molecule has 23 heavy (non-hydrogen) atoms. The largest absolute Gasteiger partial charge is 0.494 e. The summed E-state index contributed by atoms with van der Waals surface area (Å²) in [6.45, 7) is 2.94. The lowest BCUT2D eigenvalue weighted by molar-refractivity contribution is 0.0995. The van der Waals surface area contributed by atoms with Crippen molar-refractivity contribution in [3.05, 3.63) is 46.8 Å². The fourth-order valence-electron chi connectivity index (χ4n) is 2.16. The summed E-state index contributed by atoms with van der Waals surface area (Å²) in [5.41, 5.74) is 0.706. The van der Waals surface area contributed by atoms with Gasteiger partial charge < -0.3 is 14.5 Å². The zero-order valence-electron chi connectivity index (χ0n) is 13.3. The Morgan fingerprint density at radius 2 is 1.83 bits per heavy atom. The van der Waals surface area contributed by atoms with Crippen molar-refractivity contribution in [3.63, 3.8) is 0 Å². The number of anilines is 1. The first kappa shape index (κ1) is 17.6. The van der Waals surface area contributed by atoms with E-state index in [1.165, 1.54) is 25.7 Å². The van der Waals surface area contributed by atoms with Crippen LogP contribution >= 0.6 is 15.9 Å². The van der Waals surface area contributed by atoms with Gasteiger partial charge in [0.25, 0.3) is 5.91 Å². The van der Waals surface area contributed by atoms with E-state index in [2.05, 4.69) is 28.2 Å². The van der Waals surface area contributed by atoms with E-state index in [0.29, 0.717) is 10.4 Å². The molecule has 0 radical (unpaired) electrons. The monoisotopic (exact) mass is 379 g/mol. The summed E-state index contributed by atoms with van der Waals surface area (Å²) in [7, 11) is 0. The van der Waals surface area contributed by atoms with Gasteiger partial charge in [0.1, 0.15) is 5.75 Å². The molecule has 0 spiro atoms. The molecule has 0 fully saturated rings. The fourth-order valence-corrected chi connectivity index (χ4v) is 2.47. The summed E-state index contributed by atoms with van der Waals surface area (Å²) >= 11 is 3.18. The predicted octanol–water partition coefficient (Wildman–Crippen LogP) is 5.64. The van der Waals surface area contributed by atoms with Crippen LogP contribution in [0.1, 0.15) is 49.6 Å². The van der Waals surface area contributed by atoms with Crippen LogP contribution in [0.15, 0.2) is 45.5 Å². The highest BCUT2D eigenvalue weighted by Gasteiger charge is 2.10. The van der Waals surface area contributed by atoms with Gasteiger partial charge in [-0.25, -0.2) is 0 Å². The van der Waals surface area contributed by atoms with Gasteiger partial charge in [-0.3, -0.25) is 4.79 Å². The van der Waals surface area contributed by atoms with Gasteiger partial charge in [-0.15, -0.1) is 0 Å². The number of unbranched alkanes of at least 4 members (excludes halogenated alkanes) is 4. The Morgan fingerprint density at radius 3 is 2.48 bits per heavy atom. The Hall–Kier alpha value is -1.75. The number of furan rings is 1. The van der Waals surface area contributed by atoms with Crippen LogP contribution in [0.3, 0.4) is 0 Å². The lowest BCUT2D eigenvalue weighted by Crippen LogP contribution is -2.10. The molecule has 1 aromatic carbocycles. The highest BCUT2D eigenvalue weighted by molar-refractivity contribution is 9.10.